The molecular weight excluding hydrogens is 412 g/mol. The molecule has 0 radical (unpaired) electrons. The normalized spacial score (nSPS) is 10.8. The van der Waals surface area contributed by atoms with Crippen molar-refractivity contribution < 1.29 is 14.3 Å². The molecule has 0 bridgehead atoms. The van der Waals surface area contributed by atoms with Gasteiger partial charge in [0.25, 0.3) is 5.91 Å². The summed E-state index contributed by atoms with van der Waals surface area (Å²) in [6.07, 6.45) is 0.697. The standard InChI is InChI=1S/C28H28N2O3/c1-19-25(28(29)31)26(20-10-6-4-7-11-20)27(21-12-8-5-9-13-21)30(19)17-16-22-18-23(32-2)14-15-24(22)33-3/h4-15,18H,16-17H2,1-3H3,(H2,29,31). The number of methoxy groups -OCH3 is 2. The van der Waals surface area contributed by atoms with E-state index in [4.69, 9.17) is 15.2 Å². The molecule has 1 aromatic heterocycles. The van der Waals surface area contributed by atoms with Gasteiger partial charge in [0, 0.05) is 17.8 Å². The second kappa shape index (κ2) is 9.65. The number of hydrogen-bond acceptors (Lipinski definition) is 3. The Balaban J connectivity index is 1.89. The number of aryl methyl sites for hydroxylation is 1. The zero-order valence-electron chi connectivity index (χ0n) is 19.2. The Kier molecular flexibility index (Phi) is 6.50. The van der Waals surface area contributed by atoms with Gasteiger partial charge in [-0.1, -0.05) is 60.7 Å². The van der Waals surface area contributed by atoms with Gasteiger partial charge in [-0.15, -0.1) is 0 Å². The first kappa shape index (κ1) is 22.2. The van der Waals surface area contributed by atoms with Crippen LogP contribution in [0, 0.1) is 6.92 Å². The summed E-state index contributed by atoms with van der Waals surface area (Å²) in [7, 11) is 3.32. The summed E-state index contributed by atoms with van der Waals surface area (Å²) in [6, 6.07) is 25.9. The first-order valence-electron chi connectivity index (χ1n) is 10.9. The van der Waals surface area contributed by atoms with Crippen molar-refractivity contribution >= 4 is 5.91 Å². The number of aromatic nitrogens is 1. The van der Waals surface area contributed by atoms with Crippen LogP contribution in [0.25, 0.3) is 22.4 Å². The van der Waals surface area contributed by atoms with Crippen molar-refractivity contribution in [3.8, 4) is 33.9 Å². The predicted octanol–water partition coefficient (Wildman–Crippen LogP) is 5.49. The molecule has 1 heterocycles. The summed E-state index contributed by atoms with van der Waals surface area (Å²) >= 11 is 0. The van der Waals surface area contributed by atoms with Crippen LogP contribution in [0.3, 0.4) is 0 Å². The maximum Gasteiger partial charge on any atom is 0.251 e. The lowest BCUT2D eigenvalue weighted by Crippen LogP contribution is -2.14. The van der Waals surface area contributed by atoms with Gasteiger partial charge < -0.3 is 19.8 Å². The highest BCUT2D eigenvalue weighted by molar-refractivity contribution is 6.05. The van der Waals surface area contributed by atoms with Crippen LogP contribution < -0.4 is 15.2 Å². The third kappa shape index (κ3) is 4.35. The maximum atomic E-state index is 12.6. The van der Waals surface area contributed by atoms with Crippen molar-refractivity contribution in [1.82, 2.24) is 4.57 Å². The highest BCUT2D eigenvalue weighted by atomic mass is 16.5. The summed E-state index contributed by atoms with van der Waals surface area (Å²) in [6.45, 7) is 2.61. The van der Waals surface area contributed by atoms with Gasteiger partial charge in [0.1, 0.15) is 11.5 Å². The fourth-order valence-electron chi connectivity index (χ4n) is 4.41. The molecule has 0 aliphatic heterocycles. The largest absolute Gasteiger partial charge is 0.497 e. The zero-order chi connectivity index (χ0) is 23.4. The van der Waals surface area contributed by atoms with Gasteiger partial charge in [-0.2, -0.15) is 0 Å². The van der Waals surface area contributed by atoms with E-state index in [2.05, 4.69) is 16.7 Å². The van der Waals surface area contributed by atoms with Gasteiger partial charge in [0.2, 0.25) is 0 Å². The van der Waals surface area contributed by atoms with Gasteiger partial charge >= 0.3 is 0 Å². The summed E-state index contributed by atoms with van der Waals surface area (Å²) in [5.41, 5.74) is 12.2. The van der Waals surface area contributed by atoms with Crippen molar-refractivity contribution in [2.24, 2.45) is 5.73 Å². The number of nitrogens with two attached hydrogens (primary N) is 1. The summed E-state index contributed by atoms with van der Waals surface area (Å²) in [4.78, 5) is 12.6. The Labute approximate surface area is 194 Å². The minimum Gasteiger partial charge on any atom is -0.497 e. The van der Waals surface area contributed by atoms with Crippen LogP contribution in [0.15, 0.2) is 78.9 Å². The lowest BCUT2D eigenvalue weighted by atomic mass is 9.96. The third-order valence-corrected chi connectivity index (χ3v) is 5.97. The fourth-order valence-corrected chi connectivity index (χ4v) is 4.41. The number of rotatable bonds is 8. The summed E-state index contributed by atoms with van der Waals surface area (Å²) < 4.78 is 13.2. The molecule has 33 heavy (non-hydrogen) atoms. The van der Waals surface area contributed by atoms with Gasteiger partial charge in [-0.05, 0) is 48.2 Å². The Morgan fingerprint density at radius 2 is 1.52 bits per heavy atom. The van der Waals surface area contributed by atoms with Gasteiger partial charge in [0.15, 0.2) is 0 Å². The van der Waals surface area contributed by atoms with Gasteiger partial charge in [-0.3, -0.25) is 4.79 Å². The Bertz CT molecular complexity index is 1260. The van der Waals surface area contributed by atoms with Crippen LogP contribution in [0.2, 0.25) is 0 Å². The van der Waals surface area contributed by atoms with Gasteiger partial charge in [-0.25, -0.2) is 0 Å². The van der Waals surface area contributed by atoms with E-state index in [1.807, 2.05) is 73.7 Å². The van der Waals surface area contributed by atoms with E-state index in [0.29, 0.717) is 18.5 Å². The van der Waals surface area contributed by atoms with Crippen LogP contribution in [0.5, 0.6) is 11.5 Å². The summed E-state index contributed by atoms with van der Waals surface area (Å²) in [5.74, 6) is 1.16. The SMILES string of the molecule is COc1ccc(OC)c(CCn2c(C)c(C(N)=O)c(-c3ccccc3)c2-c2ccccc2)c1. The molecule has 0 spiro atoms. The summed E-state index contributed by atoms with van der Waals surface area (Å²) in [5, 5.41) is 0. The molecule has 4 rings (SSSR count). The minimum atomic E-state index is -0.429. The van der Waals surface area contributed by atoms with Crippen LogP contribution in [-0.2, 0) is 13.0 Å². The first-order valence-corrected chi connectivity index (χ1v) is 10.9. The maximum absolute atomic E-state index is 12.6. The first-order chi connectivity index (χ1) is 16.0. The number of ether oxygens (including phenoxy) is 2. The lowest BCUT2D eigenvalue weighted by Gasteiger charge is -2.15. The van der Waals surface area contributed by atoms with E-state index >= 15 is 0 Å². The Hall–Kier alpha value is -3.99. The minimum absolute atomic E-state index is 0.429. The molecule has 0 atom stereocenters. The third-order valence-electron chi connectivity index (χ3n) is 5.97. The highest BCUT2D eigenvalue weighted by Crippen LogP contribution is 2.39. The van der Waals surface area contributed by atoms with Crippen LogP contribution in [0.4, 0.5) is 0 Å². The second-order valence-electron chi connectivity index (χ2n) is 7.86. The molecule has 3 aromatic carbocycles. The predicted molar refractivity (Wildman–Crippen MR) is 132 cm³/mol. The van der Waals surface area contributed by atoms with Crippen molar-refractivity contribution in [3.05, 3.63) is 95.7 Å². The zero-order valence-corrected chi connectivity index (χ0v) is 19.2. The molecule has 1 amide bonds. The van der Waals surface area contributed by atoms with E-state index in [-0.39, 0.29) is 0 Å². The number of carbonyl (C=O) groups is 1. The van der Waals surface area contributed by atoms with E-state index in [9.17, 15) is 4.79 Å². The smallest absolute Gasteiger partial charge is 0.251 e. The average molecular weight is 441 g/mol. The average Bonchev–Trinajstić information content (AvgIpc) is 3.15. The molecule has 0 fully saturated rings. The molecule has 0 aliphatic carbocycles. The number of carbonyl (C=O) groups excluding carboxylic acids is 1. The molecule has 0 saturated carbocycles. The number of nitrogens with zero attached hydrogens (tertiary/aromatic N) is 1. The van der Waals surface area contributed by atoms with E-state index in [0.717, 1.165) is 45.1 Å². The van der Waals surface area contributed by atoms with Crippen molar-refractivity contribution in [2.75, 3.05) is 14.2 Å². The van der Waals surface area contributed by atoms with E-state index in [1.54, 1.807) is 14.2 Å². The number of primary amides is 1. The molecule has 168 valence electrons. The number of benzene rings is 3. The van der Waals surface area contributed by atoms with Crippen molar-refractivity contribution in [1.29, 1.82) is 0 Å². The quantitative estimate of drug-likeness (QED) is 0.394. The molecule has 5 nitrogen and oxygen atoms in total. The fraction of sp³-hybridized carbons (Fsp3) is 0.179. The molecule has 4 aromatic rings. The van der Waals surface area contributed by atoms with Crippen LogP contribution in [0.1, 0.15) is 21.6 Å². The Morgan fingerprint density at radius 1 is 0.879 bits per heavy atom. The Morgan fingerprint density at radius 3 is 2.09 bits per heavy atom. The van der Waals surface area contributed by atoms with Crippen LogP contribution in [-0.4, -0.2) is 24.7 Å². The molecule has 2 N–H and O–H groups in total. The van der Waals surface area contributed by atoms with Crippen LogP contribution >= 0.6 is 0 Å². The topological polar surface area (TPSA) is 66.5 Å². The molecule has 0 unspecified atom stereocenters. The van der Waals surface area contributed by atoms with Crippen molar-refractivity contribution in [2.45, 2.75) is 19.9 Å². The lowest BCUT2D eigenvalue weighted by molar-refractivity contribution is 0.1000. The molecule has 0 aliphatic rings. The van der Waals surface area contributed by atoms with E-state index < -0.39 is 5.91 Å². The molecular formula is C28H28N2O3. The number of hydrogen-bond donors (Lipinski definition) is 1. The van der Waals surface area contributed by atoms with Gasteiger partial charge in [0.05, 0.1) is 25.5 Å². The van der Waals surface area contributed by atoms with Crippen molar-refractivity contribution in [3.63, 3.8) is 0 Å². The molecule has 0 saturated heterocycles. The highest BCUT2D eigenvalue weighted by Gasteiger charge is 2.25. The second-order valence-corrected chi connectivity index (χ2v) is 7.86. The monoisotopic (exact) mass is 440 g/mol. The number of amides is 1. The van der Waals surface area contributed by atoms with E-state index in [1.165, 1.54) is 0 Å². The molecule has 5 heteroatoms.